The van der Waals surface area contributed by atoms with Crippen LogP contribution in [0.5, 0.6) is 0 Å². The molecular weight excluding hydrogens is 309 g/mol. The van der Waals surface area contributed by atoms with E-state index in [1.807, 2.05) is 0 Å². The Kier molecular flexibility index (Phi) is 3.92. The number of aromatic nitrogens is 4. The highest BCUT2D eigenvalue weighted by Crippen LogP contribution is 2.34. The number of halogens is 1. The smallest absolute Gasteiger partial charge is 0.244 e. The molecule has 2 aromatic rings. The Bertz CT molecular complexity index is 749. The molecule has 1 fully saturated rings. The van der Waals surface area contributed by atoms with Crippen LogP contribution in [0.25, 0.3) is 0 Å². The van der Waals surface area contributed by atoms with Gasteiger partial charge in [-0.3, -0.25) is 14.5 Å². The van der Waals surface area contributed by atoms with Crippen molar-refractivity contribution in [2.45, 2.75) is 17.7 Å². The summed E-state index contributed by atoms with van der Waals surface area (Å²) in [7, 11) is -3.68. The molecule has 1 aliphatic rings. The van der Waals surface area contributed by atoms with Crippen LogP contribution < -0.4 is 0 Å². The molecule has 2 aromatic heterocycles. The van der Waals surface area contributed by atoms with Gasteiger partial charge in [0.2, 0.25) is 10.0 Å². The Morgan fingerprint density at radius 2 is 2.27 bits per heavy atom. The molecule has 0 unspecified atom stereocenters. The maximum atomic E-state index is 13.3. The van der Waals surface area contributed by atoms with Gasteiger partial charge in [-0.1, -0.05) is 0 Å². The molecule has 7 nitrogen and oxygen atoms in total. The zero-order chi connectivity index (χ0) is 15.7. The lowest BCUT2D eigenvalue weighted by molar-refractivity contribution is 0.346. The van der Waals surface area contributed by atoms with Crippen molar-refractivity contribution in [1.82, 2.24) is 24.5 Å². The Morgan fingerprint density at radius 3 is 2.86 bits per heavy atom. The second kappa shape index (κ2) is 5.73. The van der Waals surface area contributed by atoms with Crippen LogP contribution in [-0.2, 0) is 10.0 Å². The van der Waals surface area contributed by atoms with Crippen LogP contribution in [0.3, 0.4) is 0 Å². The van der Waals surface area contributed by atoms with Gasteiger partial charge >= 0.3 is 0 Å². The molecule has 0 radical (unpaired) electrons. The van der Waals surface area contributed by atoms with E-state index in [-0.39, 0.29) is 23.9 Å². The molecule has 3 rings (SSSR count). The van der Waals surface area contributed by atoms with Crippen molar-refractivity contribution in [2.24, 2.45) is 5.92 Å². The first-order chi connectivity index (χ1) is 10.5. The van der Waals surface area contributed by atoms with Crippen molar-refractivity contribution >= 4 is 10.0 Å². The van der Waals surface area contributed by atoms with Gasteiger partial charge in [0.05, 0.1) is 6.67 Å². The van der Waals surface area contributed by atoms with Gasteiger partial charge in [0, 0.05) is 37.3 Å². The number of hydrogen-bond acceptors (Lipinski definition) is 5. The normalized spacial score (nSPS) is 23.0. The molecule has 1 saturated heterocycles. The van der Waals surface area contributed by atoms with Crippen molar-refractivity contribution in [1.29, 1.82) is 0 Å². The number of nitrogens with zero attached hydrogens (tertiary/aromatic N) is 4. The molecule has 0 aliphatic carbocycles. The molecule has 2 atom stereocenters. The van der Waals surface area contributed by atoms with Crippen molar-refractivity contribution in [3.05, 3.63) is 36.2 Å². The van der Waals surface area contributed by atoms with E-state index >= 15 is 0 Å². The molecule has 1 N–H and O–H groups in total. The van der Waals surface area contributed by atoms with Gasteiger partial charge < -0.3 is 0 Å². The highest BCUT2D eigenvalue weighted by molar-refractivity contribution is 7.89. The number of nitrogens with one attached hydrogen (secondary N) is 1. The van der Waals surface area contributed by atoms with E-state index in [4.69, 9.17) is 0 Å². The van der Waals surface area contributed by atoms with Gasteiger partial charge in [0.1, 0.15) is 10.7 Å². The average molecular weight is 325 g/mol. The lowest BCUT2D eigenvalue weighted by atomic mass is 9.97. The number of rotatable bonds is 4. The number of pyridine rings is 1. The van der Waals surface area contributed by atoms with Gasteiger partial charge in [-0.15, -0.1) is 0 Å². The van der Waals surface area contributed by atoms with E-state index in [1.165, 1.54) is 22.8 Å². The van der Waals surface area contributed by atoms with Crippen molar-refractivity contribution in [3.8, 4) is 0 Å². The number of aryl methyl sites for hydroxylation is 1. The van der Waals surface area contributed by atoms with Crippen LogP contribution in [0.2, 0.25) is 0 Å². The zero-order valence-electron chi connectivity index (χ0n) is 12.0. The average Bonchev–Trinajstić information content (AvgIpc) is 3.14. The lowest BCUT2D eigenvalue weighted by Crippen LogP contribution is -2.29. The van der Waals surface area contributed by atoms with Crippen molar-refractivity contribution in [2.75, 3.05) is 19.8 Å². The maximum absolute atomic E-state index is 13.3. The summed E-state index contributed by atoms with van der Waals surface area (Å²) in [6.07, 6.45) is 2.80. The van der Waals surface area contributed by atoms with Crippen LogP contribution in [0, 0.1) is 12.8 Å². The summed E-state index contributed by atoms with van der Waals surface area (Å²) in [6, 6.07) is 3.04. The van der Waals surface area contributed by atoms with Crippen LogP contribution in [0.1, 0.15) is 17.6 Å². The SMILES string of the molecule is Cc1nc([C@@H]2CN(S(=O)(=O)c3cccnc3)C[C@H]2CF)n[nH]1. The highest BCUT2D eigenvalue weighted by Gasteiger charge is 2.41. The monoisotopic (exact) mass is 325 g/mol. The Balaban J connectivity index is 1.88. The third-order valence-electron chi connectivity index (χ3n) is 3.82. The molecular formula is C13H16FN5O2S. The minimum atomic E-state index is -3.68. The van der Waals surface area contributed by atoms with E-state index in [1.54, 1.807) is 13.0 Å². The van der Waals surface area contributed by atoms with Crippen LogP contribution in [-0.4, -0.2) is 52.7 Å². The first kappa shape index (κ1) is 15.0. The van der Waals surface area contributed by atoms with Crippen LogP contribution in [0.15, 0.2) is 29.4 Å². The molecule has 0 aromatic carbocycles. The second-order valence-corrected chi connectivity index (χ2v) is 7.25. The highest BCUT2D eigenvalue weighted by atomic mass is 32.2. The van der Waals surface area contributed by atoms with Crippen molar-refractivity contribution in [3.63, 3.8) is 0 Å². The third-order valence-corrected chi connectivity index (χ3v) is 5.64. The fourth-order valence-corrected chi connectivity index (χ4v) is 4.14. The Hall–Kier alpha value is -1.87. The van der Waals surface area contributed by atoms with Gasteiger partial charge in [-0.25, -0.2) is 13.4 Å². The molecule has 0 spiro atoms. The number of H-pyrrole nitrogens is 1. The molecule has 0 amide bonds. The number of alkyl halides is 1. The molecule has 0 saturated carbocycles. The van der Waals surface area contributed by atoms with E-state index in [2.05, 4.69) is 20.2 Å². The largest absolute Gasteiger partial charge is 0.263 e. The quantitative estimate of drug-likeness (QED) is 0.901. The van der Waals surface area contributed by atoms with Crippen LogP contribution >= 0.6 is 0 Å². The Labute approximate surface area is 127 Å². The number of aromatic amines is 1. The fraction of sp³-hybridized carbons (Fsp3) is 0.462. The summed E-state index contributed by atoms with van der Waals surface area (Å²) in [5.74, 6) is 0.299. The van der Waals surface area contributed by atoms with Gasteiger partial charge in [0.25, 0.3) is 0 Å². The summed E-state index contributed by atoms with van der Waals surface area (Å²) in [4.78, 5) is 8.16. The molecule has 118 valence electrons. The molecule has 9 heteroatoms. The fourth-order valence-electron chi connectivity index (χ4n) is 2.65. The summed E-state index contributed by atoms with van der Waals surface area (Å²) < 4.78 is 39.8. The number of sulfonamides is 1. The summed E-state index contributed by atoms with van der Waals surface area (Å²) in [5, 5.41) is 6.76. The van der Waals surface area contributed by atoms with E-state index in [0.29, 0.717) is 11.6 Å². The maximum Gasteiger partial charge on any atom is 0.244 e. The molecule has 1 aliphatic heterocycles. The lowest BCUT2D eigenvalue weighted by Gasteiger charge is -2.15. The minimum absolute atomic E-state index is 0.111. The molecule has 0 bridgehead atoms. The second-order valence-electron chi connectivity index (χ2n) is 5.31. The summed E-state index contributed by atoms with van der Waals surface area (Å²) in [5.41, 5.74) is 0. The van der Waals surface area contributed by atoms with Gasteiger partial charge in [0.15, 0.2) is 5.82 Å². The number of hydrogen-bond donors (Lipinski definition) is 1. The summed E-state index contributed by atoms with van der Waals surface area (Å²) in [6.45, 7) is 1.42. The van der Waals surface area contributed by atoms with E-state index < -0.39 is 22.6 Å². The van der Waals surface area contributed by atoms with Gasteiger partial charge in [-0.2, -0.15) is 9.40 Å². The van der Waals surface area contributed by atoms with Gasteiger partial charge in [-0.05, 0) is 19.1 Å². The van der Waals surface area contributed by atoms with Crippen LogP contribution in [0.4, 0.5) is 4.39 Å². The minimum Gasteiger partial charge on any atom is -0.263 e. The molecule has 22 heavy (non-hydrogen) atoms. The van der Waals surface area contributed by atoms with E-state index in [9.17, 15) is 12.8 Å². The summed E-state index contributed by atoms with van der Waals surface area (Å²) >= 11 is 0. The van der Waals surface area contributed by atoms with Crippen molar-refractivity contribution < 1.29 is 12.8 Å². The van der Waals surface area contributed by atoms with E-state index in [0.717, 1.165) is 0 Å². The predicted molar refractivity (Wildman–Crippen MR) is 76.3 cm³/mol. The Morgan fingerprint density at radius 1 is 1.45 bits per heavy atom. The third kappa shape index (κ3) is 2.61. The first-order valence-corrected chi connectivity index (χ1v) is 8.31. The first-order valence-electron chi connectivity index (χ1n) is 6.87. The zero-order valence-corrected chi connectivity index (χ0v) is 12.8. The topological polar surface area (TPSA) is 91.8 Å². The predicted octanol–water partition coefficient (Wildman–Crippen LogP) is 0.882. The molecule has 3 heterocycles. The standard InChI is InChI=1S/C13H16FN5O2S/c1-9-16-13(18-17-9)12-8-19(7-10(12)5-14)22(20,21)11-3-2-4-15-6-11/h2-4,6,10,12H,5,7-8H2,1H3,(H,16,17,18)/t10-,12-/m1/s1.